The van der Waals surface area contributed by atoms with E-state index in [9.17, 15) is 0 Å². The molecule has 0 saturated carbocycles. The van der Waals surface area contributed by atoms with Crippen LogP contribution in [0.15, 0.2) is 0 Å². The molecule has 0 aliphatic carbocycles. The van der Waals surface area contributed by atoms with Crippen LogP contribution in [0, 0.1) is 23.2 Å². The van der Waals surface area contributed by atoms with E-state index in [1.807, 2.05) is 0 Å². The lowest BCUT2D eigenvalue weighted by Crippen LogP contribution is -2.07. The zero-order valence-corrected chi connectivity index (χ0v) is 11.0. The summed E-state index contributed by atoms with van der Waals surface area (Å²) in [6.45, 7) is 9.18. The number of hydrogen-bond acceptors (Lipinski definition) is 2. The molecule has 0 spiro atoms. The van der Waals surface area contributed by atoms with Gasteiger partial charge in [-0.25, -0.2) is 0 Å². The van der Waals surface area contributed by atoms with E-state index >= 15 is 0 Å². The number of hydrogen-bond donors (Lipinski definition) is 0. The summed E-state index contributed by atoms with van der Waals surface area (Å²) in [5.41, 5.74) is 1.36. The number of rotatable bonds is 4. The summed E-state index contributed by atoms with van der Waals surface area (Å²) in [7, 11) is 0. The Kier molecular flexibility index (Phi) is 4.37. The first-order chi connectivity index (χ1) is 7.45. The van der Waals surface area contributed by atoms with Crippen LogP contribution in [0.25, 0.3) is 0 Å². The van der Waals surface area contributed by atoms with Crippen molar-refractivity contribution in [1.29, 1.82) is 5.26 Å². The largest absolute Gasteiger partial charge is 0.252 e. The molecule has 4 heteroatoms. The van der Waals surface area contributed by atoms with E-state index < -0.39 is 0 Å². The highest BCUT2D eigenvalue weighted by Gasteiger charge is 2.17. The standard InChI is InChI=1S/C12H18ClN3/c1-8(2)5-11-10(6-14)12(13)16(15-11)7-9(3)4/h8-9H,5,7H2,1-4H3. The number of nitrogens with zero attached hydrogens (tertiary/aromatic N) is 3. The highest BCUT2D eigenvalue weighted by Crippen LogP contribution is 2.22. The van der Waals surface area contributed by atoms with Gasteiger partial charge in [-0.3, -0.25) is 4.68 Å². The Bertz CT molecular complexity index is 399. The Hall–Kier alpha value is -1.01. The number of nitriles is 1. The molecule has 1 aromatic rings. The van der Waals surface area contributed by atoms with E-state index in [1.54, 1.807) is 4.68 Å². The van der Waals surface area contributed by atoms with Gasteiger partial charge >= 0.3 is 0 Å². The van der Waals surface area contributed by atoms with Crippen molar-refractivity contribution in [3.63, 3.8) is 0 Å². The Labute approximate surface area is 102 Å². The van der Waals surface area contributed by atoms with Gasteiger partial charge in [0.25, 0.3) is 0 Å². The summed E-state index contributed by atoms with van der Waals surface area (Å²) in [5.74, 6) is 0.946. The predicted octanol–water partition coefficient (Wildman–Crippen LogP) is 3.26. The molecule has 0 unspecified atom stereocenters. The molecular weight excluding hydrogens is 222 g/mol. The van der Waals surface area contributed by atoms with Crippen LogP contribution < -0.4 is 0 Å². The van der Waals surface area contributed by atoms with E-state index in [0.717, 1.165) is 18.7 Å². The third kappa shape index (κ3) is 2.99. The molecule has 0 N–H and O–H groups in total. The fourth-order valence-electron chi connectivity index (χ4n) is 1.59. The number of halogens is 1. The van der Waals surface area contributed by atoms with E-state index in [4.69, 9.17) is 16.9 Å². The lowest BCUT2D eigenvalue weighted by atomic mass is 10.1. The second-order valence-electron chi connectivity index (χ2n) is 4.90. The molecule has 0 aliphatic heterocycles. The summed E-state index contributed by atoms with van der Waals surface area (Å²) < 4.78 is 1.74. The SMILES string of the molecule is CC(C)Cc1nn(CC(C)C)c(Cl)c1C#N. The molecule has 0 bridgehead atoms. The van der Waals surface area contributed by atoms with Gasteiger partial charge in [-0.1, -0.05) is 39.3 Å². The van der Waals surface area contributed by atoms with Crippen molar-refractivity contribution >= 4 is 11.6 Å². The molecule has 0 amide bonds. The maximum absolute atomic E-state index is 9.07. The highest BCUT2D eigenvalue weighted by atomic mass is 35.5. The molecule has 0 aliphatic rings. The van der Waals surface area contributed by atoms with Crippen LogP contribution in [0.2, 0.25) is 5.15 Å². The average Bonchev–Trinajstić information content (AvgIpc) is 2.41. The Balaban J connectivity index is 3.06. The minimum atomic E-state index is 0.468. The topological polar surface area (TPSA) is 41.6 Å². The van der Waals surface area contributed by atoms with Gasteiger partial charge in [0, 0.05) is 6.54 Å². The van der Waals surface area contributed by atoms with Crippen LogP contribution >= 0.6 is 11.6 Å². The Morgan fingerprint density at radius 2 is 1.94 bits per heavy atom. The van der Waals surface area contributed by atoms with Crippen LogP contribution in [-0.4, -0.2) is 9.78 Å². The van der Waals surface area contributed by atoms with E-state index in [2.05, 4.69) is 38.9 Å². The zero-order chi connectivity index (χ0) is 12.3. The van der Waals surface area contributed by atoms with E-state index in [0.29, 0.717) is 22.6 Å². The van der Waals surface area contributed by atoms with Crippen LogP contribution in [0.3, 0.4) is 0 Å². The third-order valence-electron chi connectivity index (χ3n) is 2.21. The predicted molar refractivity (Wildman–Crippen MR) is 65.3 cm³/mol. The summed E-state index contributed by atoms with van der Waals surface area (Å²) in [6.07, 6.45) is 0.799. The molecule has 1 aromatic heterocycles. The second kappa shape index (κ2) is 5.36. The second-order valence-corrected chi connectivity index (χ2v) is 5.26. The van der Waals surface area contributed by atoms with E-state index in [-0.39, 0.29) is 0 Å². The van der Waals surface area contributed by atoms with Crippen molar-refractivity contribution in [2.24, 2.45) is 11.8 Å². The molecule has 1 rings (SSSR count). The normalized spacial score (nSPS) is 11.1. The lowest BCUT2D eigenvalue weighted by molar-refractivity contribution is 0.477. The fraction of sp³-hybridized carbons (Fsp3) is 0.667. The van der Waals surface area contributed by atoms with Crippen molar-refractivity contribution in [1.82, 2.24) is 9.78 Å². The first-order valence-corrected chi connectivity index (χ1v) is 5.98. The summed E-state index contributed by atoms with van der Waals surface area (Å²) in [4.78, 5) is 0. The van der Waals surface area contributed by atoms with E-state index in [1.165, 1.54) is 0 Å². The lowest BCUT2D eigenvalue weighted by Gasteiger charge is -2.05. The minimum absolute atomic E-state index is 0.468. The van der Waals surface area contributed by atoms with Gasteiger partial charge < -0.3 is 0 Å². The fourth-order valence-corrected chi connectivity index (χ4v) is 1.85. The zero-order valence-electron chi connectivity index (χ0n) is 10.3. The average molecular weight is 240 g/mol. The molecular formula is C12H18ClN3. The molecule has 0 saturated heterocycles. The van der Waals surface area contributed by atoms with Gasteiger partial charge in [-0.05, 0) is 18.3 Å². The molecule has 0 fully saturated rings. The molecule has 0 atom stereocenters. The molecule has 88 valence electrons. The third-order valence-corrected chi connectivity index (χ3v) is 2.60. The van der Waals surface area contributed by atoms with Crippen LogP contribution in [-0.2, 0) is 13.0 Å². The highest BCUT2D eigenvalue weighted by molar-refractivity contribution is 6.30. The van der Waals surface area contributed by atoms with Gasteiger partial charge in [-0.2, -0.15) is 10.4 Å². The van der Waals surface area contributed by atoms with Gasteiger partial charge in [0.2, 0.25) is 0 Å². The monoisotopic (exact) mass is 239 g/mol. The molecule has 16 heavy (non-hydrogen) atoms. The first-order valence-electron chi connectivity index (χ1n) is 5.61. The Morgan fingerprint density at radius 1 is 1.31 bits per heavy atom. The Morgan fingerprint density at radius 3 is 2.38 bits per heavy atom. The van der Waals surface area contributed by atoms with Gasteiger partial charge in [0.1, 0.15) is 16.8 Å². The number of aromatic nitrogens is 2. The summed E-state index contributed by atoms with van der Waals surface area (Å²) in [6, 6.07) is 2.15. The first kappa shape index (κ1) is 13.1. The summed E-state index contributed by atoms with van der Waals surface area (Å²) in [5, 5.41) is 14.0. The van der Waals surface area contributed by atoms with Crippen LogP contribution in [0.4, 0.5) is 0 Å². The van der Waals surface area contributed by atoms with Gasteiger partial charge in [0.15, 0.2) is 0 Å². The van der Waals surface area contributed by atoms with Crippen LogP contribution in [0.1, 0.15) is 39.0 Å². The quantitative estimate of drug-likeness (QED) is 0.809. The van der Waals surface area contributed by atoms with Crippen molar-refractivity contribution in [2.75, 3.05) is 0 Å². The smallest absolute Gasteiger partial charge is 0.145 e. The summed E-state index contributed by atoms with van der Waals surface area (Å²) >= 11 is 6.14. The van der Waals surface area contributed by atoms with Crippen molar-refractivity contribution < 1.29 is 0 Å². The van der Waals surface area contributed by atoms with Gasteiger partial charge in [-0.15, -0.1) is 0 Å². The minimum Gasteiger partial charge on any atom is -0.252 e. The molecule has 0 aromatic carbocycles. The molecule has 3 nitrogen and oxygen atoms in total. The molecule has 1 heterocycles. The maximum atomic E-state index is 9.07. The van der Waals surface area contributed by atoms with Crippen molar-refractivity contribution in [3.8, 4) is 6.07 Å². The van der Waals surface area contributed by atoms with Crippen LogP contribution in [0.5, 0.6) is 0 Å². The van der Waals surface area contributed by atoms with Crippen molar-refractivity contribution in [3.05, 3.63) is 16.4 Å². The van der Waals surface area contributed by atoms with Gasteiger partial charge in [0.05, 0.1) is 5.69 Å². The maximum Gasteiger partial charge on any atom is 0.145 e. The van der Waals surface area contributed by atoms with Crippen molar-refractivity contribution in [2.45, 2.75) is 40.7 Å². The molecule has 0 radical (unpaired) electrons.